The van der Waals surface area contributed by atoms with E-state index in [1.807, 2.05) is 6.07 Å². The lowest BCUT2D eigenvalue weighted by Gasteiger charge is -2.11. The molecule has 20 heavy (non-hydrogen) atoms. The minimum absolute atomic E-state index is 0.287. The standard InChI is InChI=1S/C14H12Cl3NO2/c1-19-13-3-2-8(4-12(13)18)7-20-14-10(16)5-9(15)6-11(14)17/h2-6H,7,18H2,1H3. The summed E-state index contributed by atoms with van der Waals surface area (Å²) >= 11 is 17.9. The predicted octanol–water partition coefficient (Wildman–Crippen LogP) is 4.82. The van der Waals surface area contributed by atoms with Crippen LogP contribution in [0.25, 0.3) is 0 Å². The summed E-state index contributed by atoms with van der Waals surface area (Å²) in [6.45, 7) is 0.287. The average Bonchev–Trinajstić information content (AvgIpc) is 2.37. The zero-order valence-electron chi connectivity index (χ0n) is 10.6. The zero-order chi connectivity index (χ0) is 14.7. The average molecular weight is 333 g/mol. The maximum absolute atomic E-state index is 6.04. The molecule has 0 saturated carbocycles. The van der Waals surface area contributed by atoms with Crippen LogP contribution >= 0.6 is 34.8 Å². The molecule has 0 amide bonds. The summed E-state index contributed by atoms with van der Waals surface area (Å²) in [4.78, 5) is 0. The van der Waals surface area contributed by atoms with Crippen molar-refractivity contribution in [2.75, 3.05) is 12.8 Å². The number of benzene rings is 2. The van der Waals surface area contributed by atoms with Crippen LogP contribution in [-0.4, -0.2) is 7.11 Å². The third kappa shape index (κ3) is 3.42. The summed E-state index contributed by atoms with van der Waals surface area (Å²) in [5, 5.41) is 1.19. The lowest BCUT2D eigenvalue weighted by molar-refractivity contribution is 0.306. The van der Waals surface area contributed by atoms with Crippen molar-refractivity contribution in [1.82, 2.24) is 0 Å². The van der Waals surface area contributed by atoms with Crippen molar-refractivity contribution in [2.45, 2.75) is 6.61 Å². The molecule has 2 aromatic rings. The van der Waals surface area contributed by atoms with E-state index in [2.05, 4.69) is 0 Å². The number of hydrogen-bond acceptors (Lipinski definition) is 3. The smallest absolute Gasteiger partial charge is 0.157 e. The molecule has 2 aromatic carbocycles. The number of hydrogen-bond donors (Lipinski definition) is 1. The fraction of sp³-hybridized carbons (Fsp3) is 0.143. The largest absolute Gasteiger partial charge is 0.495 e. The normalized spacial score (nSPS) is 10.4. The lowest BCUT2D eigenvalue weighted by atomic mass is 10.2. The highest BCUT2D eigenvalue weighted by Crippen LogP contribution is 2.36. The van der Waals surface area contributed by atoms with Gasteiger partial charge >= 0.3 is 0 Å². The molecule has 0 aliphatic rings. The van der Waals surface area contributed by atoms with Gasteiger partial charge < -0.3 is 15.2 Å². The molecule has 0 fully saturated rings. The quantitative estimate of drug-likeness (QED) is 0.817. The van der Waals surface area contributed by atoms with Gasteiger partial charge in [0.25, 0.3) is 0 Å². The van der Waals surface area contributed by atoms with Crippen molar-refractivity contribution < 1.29 is 9.47 Å². The molecule has 2 rings (SSSR count). The second kappa shape index (κ2) is 6.44. The van der Waals surface area contributed by atoms with Gasteiger partial charge in [0.05, 0.1) is 22.8 Å². The van der Waals surface area contributed by atoms with Crippen LogP contribution in [0.2, 0.25) is 15.1 Å². The molecule has 3 nitrogen and oxygen atoms in total. The van der Waals surface area contributed by atoms with Gasteiger partial charge in [-0.25, -0.2) is 0 Å². The molecule has 6 heteroatoms. The van der Waals surface area contributed by atoms with Crippen LogP contribution in [0.4, 0.5) is 5.69 Å². The Morgan fingerprint density at radius 3 is 2.25 bits per heavy atom. The third-order valence-corrected chi connectivity index (χ3v) is 3.42. The Balaban J connectivity index is 2.15. The Bertz CT molecular complexity index is 609. The Morgan fingerprint density at radius 2 is 1.70 bits per heavy atom. The zero-order valence-corrected chi connectivity index (χ0v) is 12.9. The highest BCUT2D eigenvalue weighted by atomic mass is 35.5. The molecule has 0 aliphatic heterocycles. The summed E-state index contributed by atoms with van der Waals surface area (Å²) in [6.07, 6.45) is 0. The molecule has 0 bridgehead atoms. The number of rotatable bonds is 4. The van der Waals surface area contributed by atoms with E-state index in [0.717, 1.165) is 5.56 Å². The monoisotopic (exact) mass is 331 g/mol. The van der Waals surface area contributed by atoms with Crippen LogP contribution in [0, 0.1) is 0 Å². The molecule has 0 aromatic heterocycles. The lowest BCUT2D eigenvalue weighted by Crippen LogP contribution is -1.99. The summed E-state index contributed by atoms with van der Waals surface area (Å²) in [5.41, 5.74) is 7.25. The van der Waals surface area contributed by atoms with Crippen LogP contribution < -0.4 is 15.2 Å². The van der Waals surface area contributed by atoms with E-state index in [1.165, 1.54) is 0 Å². The number of nitrogen functional groups attached to an aromatic ring is 1. The maximum Gasteiger partial charge on any atom is 0.157 e. The number of methoxy groups -OCH3 is 1. The number of ether oxygens (including phenoxy) is 2. The van der Waals surface area contributed by atoms with Crippen LogP contribution in [0.15, 0.2) is 30.3 Å². The molecule has 0 saturated heterocycles. The molecule has 0 unspecified atom stereocenters. The van der Waals surface area contributed by atoms with E-state index < -0.39 is 0 Å². The first-order valence-corrected chi connectivity index (χ1v) is 6.84. The number of nitrogens with two attached hydrogens (primary N) is 1. The van der Waals surface area contributed by atoms with Gasteiger partial charge in [-0.05, 0) is 29.8 Å². The van der Waals surface area contributed by atoms with Crippen molar-refractivity contribution in [2.24, 2.45) is 0 Å². The van der Waals surface area contributed by atoms with Crippen molar-refractivity contribution >= 4 is 40.5 Å². The summed E-state index contributed by atoms with van der Waals surface area (Å²) < 4.78 is 10.7. The van der Waals surface area contributed by atoms with Gasteiger partial charge in [0, 0.05) is 5.02 Å². The minimum Gasteiger partial charge on any atom is -0.495 e. The van der Waals surface area contributed by atoms with E-state index in [0.29, 0.717) is 32.3 Å². The fourth-order valence-corrected chi connectivity index (χ4v) is 2.62. The van der Waals surface area contributed by atoms with Gasteiger partial charge in [-0.3, -0.25) is 0 Å². The van der Waals surface area contributed by atoms with Gasteiger partial charge in [-0.15, -0.1) is 0 Å². The Labute approximate surface area is 132 Å². The molecule has 0 radical (unpaired) electrons. The van der Waals surface area contributed by atoms with Gasteiger partial charge in [0.1, 0.15) is 12.4 Å². The Morgan fingerprint density at radius 1 is 1.05 bits per heavy atom. The van der Waals surface area contributed by atoms with E-state index in [9.17, 15) is 0 Å². The SMILES string of the molecule is COc1ccc(COc2c(Cl)cc(Cl)cc2Cl)cc1N. The molecule has 106 valence electrons. The first kappa shape index (κ1) is 15.1. The minimum atomic E-state index is 0.287. The number of halogens is 3. The molecular formula is C14H12Cl3NO2. The van der Waals surface area contributed by atoms with E-state index >= 15 is 0 Å². The second-order valence-electron chi connectivity index (χ2n) is 4.06. The van der Waals surface area contributed by atoms with Crippen LogP contribution in [-0.2, 0) is 6.61 Å². The molecule has 0 heterocycles. The summed E-state index contributed by atoms with van der Waals surface area (Å²) in [6, 6.07) is 8.56. The maximum atomic E-state index is 6.04. The fourth-order valence-electron chi connectivity index (χ4n) is 1.70. The highest BCUT2D eigenvalue weighted by Gasteiger charge is 2.10. The number of anilines is 1. The van der Waals surface area contributed by atoms with Gasteiger partial charge in [-0.1, -0.05) is 40.9 Å². The molecular weight excluding hydrogens is 321 g/mol. The third-order valence-electron chi connectivity index (χ3n) is 2.64. The molecule has 0 atom stereocenters. The topological polar surface area (TPSA) is 44.5 Å². The first-order valence-electron chi connectivity index (χ1n) is 5.71. The Hall–Kier alpha value is -1.29. The van der Waals surface area contributed by atoms with Gasteiger partial charge in [-0.2, -0.15) is 0 Å². The van der Waals surface area contributed by atoms with Gasteiger partial charge in [0.15, 0.2) is 5.75 Å². The summed E-state index contributed by atoms with van der Waals surface area (Å²) in [5.74, 6) is 1.02. The van der Waals surface area contributed by atoms with Crippen molar-refractivity contribution in [3.8, 4) is 11.5 Å². The highest BCUT2D eigenvalue weighted by molar-refractivity contribution is 6.40. The van der Waals surface area contributed by atoms with Crippen LogP contribution in [0.1, 0.15) is 5.56 Å². The first-order chi connectivity index (χ1) is 9.51. The van der Waals surface area contributed by atoms with Crippen LogP contribution in [0.5, 0.6) is 11.5 Å². The predicted molar refractivity (Wildman–Crippen MR) is 83.2 cm³/mol. The van der Waals surface area contributed by atoms with Crippen molar-refractivity contribution in [1.29, 1.82) is 0 Å². The molecule has 2 N–H and O–H groups in total. The van der Waals surface area contributed by atoms with Crippen LogP contribution in [0.3, 0.4) is 0 Å². The molecule has 0 aliphatic carbocycles. The van der Waals surface area contributed by atoms with E-state index in [-0.39, 0.29) is 6.61 Å². The molecule has 0 spiro atoms. The van der Waals surface area contributed by atoms with E-state index in [1.54, 1.807) is 31.4 Å². The second-order valence-corrected chi connectivity index (χ2v) is 5.31. The summed E-state index contributed by atoms with van der Waals surface area (Å²) in [7, 11) is 1.56. The van der Waals surface area contributed by atoms with Gasteiger partial charge in [0.2, 0.25) is 0 Å². The van der Waals surface area contributed by atoms with Crippen molar-refractivity contribution in [3.63, 3.8) is 0 Å². The Kier molecular flexibility index (Phi) is 4.86. The van der Waals surface area contributed by atoms with E-state index in [4.69, 9.17) is 50.0 Å². The van der Waals surface area contributed by atoms with Crippen molar-refractivity contribution in [3.05, 3.63) is 51.0 Å².